The van der Waals surface area contributed by atoms with Crippen LogP contribution in [0, 0.1) is 0 Å². The monoisotopic (exact) mass is 318 g/mol. The van der Waals surface area contributed by atoms with Crippen LogP contribution in [0.4, 0.5) is 14.5 Å². The van der Waals surface area contributed by atoms with Crippen molar-refractivity contribution in [1.29, 1.82) is 0 Å². The lowest BCUT2D eigenvalue weighted by atomic mass is 10.1. The van der Waals surface area contributed by atoms with E-state index in [4.69, 9.17) is 5.73 Å². The molecular formula is C14H20F2N2O2S. The Morgan fingerprint density at radius 1 is 1.33 bits per heavy atom. The number of hydrogen-bond acceptors (Lipinski definition) is 4. The Bertz CT molecular complexity index is 578. The molecule has 0 saturated carbocycles. The van der Waals surface area contributed by atoms with E-state index in [0.29, 0.717) is 18.8 Å². The highest BCUT2D eigenvalue weighted by molar-refractivity contribution is 7.91. The number of anilines is 1. The summed E-state index contributed by atoms with van der Waals surface area (Å²) in [4.78, 5) is 1.66. The molecule has 21 heavy (non-hydrogen) atoms. The molecule has 2 N–H and O–H groups in total. The van der Waals surface area contributed by atoms with Gasteiger partial charge in [0.25, 0.3) is 0 Å². The van der Waals surface area contributed by atoms with Crippen LogP contribution in [-0.4, -0.2) is 33.3 Å². The molecule has 1 saturated heterocycles. The number of halogens is 2. The summed E-state index contributed by atoms with van der Waals surface area (Å²) in [6.45, 7) is 1.26. The van der Waals surface area contributed by atoms with Gasteiger partial charge < -0.3 is 10.6 Å². The molecule has 0 aromatic heterocycles. The van der Waals surface area contributed by atoms with Crippen molar-refractivity contribution in [1.82, 2.24) is 0 Å². The van der Waals surface area contributed by atoms with Gasteiger partial charge in [-0.05, 0) is 44.4 Å². The number of rotatable bonds is 6. The quantitative estimate of drug-likeness (QED) is 0.875. The van der Waals surface area contributed by atoms with Crippen LogP contribution >= 0.6 is 0 Å². The third-order valence-corrected chi connectivity index (χ3v) is 5.26. The van der Waals surface area contributed by atoms with E-state index in [1.54, 1.807) is 12.1 Å². The van der Waals surface area contributed by atoms with Crippen LogP contribution in [0.25, 0.3) is 0 Å². The fraction of sp³-hybridized carbons (Fsp3) is 0.571. The van der Waals surface area contributed by atoms with Crippen molar-refractivity contribution in [3.8, 4) is 0 Å². The summed E-state index contributed by atoms with van der Waals surface area (Å²) < 4.78 is 49.4. The first kappa shape index (κ1) is 16.2. The van der Waals surface area contributed by atoms with Gasteiger partial charge in [0.1, 0.15) is 0 Å². The maximum Gasteiger partial charge on any atom is 0.341 e. The number of benzene rings is 1. The number of nitrogens with zero attached hydrogens (tertiary/aromatic N) is 1. The van der Waals surface area contributed by atoms with Crippen LogP contribution in [0.2, 0.25) is 0 Å². The summed E-state index contributed by atoms with van der Waals surface area (Å²) >= 11 is 0. The summed E-state index contributed by atoms with van der Waals surface area (Å²) in [6, 6.07) is 6.19. The van der Waals surface area contributed by atoms with Crippen molar-refractivity contribution in [3.05, 3.63) is 24.3 Å². The van der Waals surface area contributed by atoms with Crippen LogP contribution in [0.1, 0.15) is 25.7 Å². The fourth-order valence-electron chi connectivity index (χ4n) is 2.84. The van der Waals surface area contributed by atoms with E-state index in [2.05, 4.69) is 0 Å². The lowest BCUT2D eigenvalue weighted by Gasteiger charge is -2.28. The molecule has 0 bridgehead atoms. The van der Waals surface area contributed by atoms with Crippen molar-refractivity contribution < 1.29 is 17.2 Å². The summed E-state index contributed by atoms with van der Waals surface area (Å²) in [6.07, 6.45) is 3.55. The van der Waals surface area contributed by atoms with Crippen LogP contribution in [0.5, 0.6) is 0 Å². The van der Waals surface area contributed by atoms with Gasteiger partial charge in [0, 0.05) is 12.6 Å². The number of nitrogens with two attached hydrogens (primary N) is 1. The van der Waals surface area contributed by atoms with Gasteiger partial charge in [-0.3, -0.25) is 0 Å². The summed E-state index contributed by atoms with van der Waals surface area (Å²) in [7, 11) is -4.59. The molecule has 1 unspecified atom stereocenters. The van der Waals surface area contributed by atoms with E-state index in [1.165, 1.54) is 12.1 Å². The van der Waals surface area contributed by atoms with E-state index < -0.39 is 15.6 Å². The third-order valence-electron chi connectivity index (χ3n) is 3.83. The molecule has 1 aromatic rings. The molecule has 0 amide bonds. The Morgan fingerprint density at radius 3 is 2.71 bits per heavy atom. The molecule has 1 aliphatic rings. The summed E-state index contributed by atoms with van der Waals surface area (Å²) in [5.41, 5.74) is 5.90. The van der Waals surface area contributed by atoms with Crippen molar-refractivity contribution in [2.75, 3.05) is 18.0 Å². The molecule has 1 heterocycles. The first-order chi connectivity index (χ1) is 9.98. The molecule has 118 valence electrons. The lowest BCUT2D eigenvalue weighted by molar-refractivity contribution is 0.235. The van der Waals surface area contributed by atoms with Crippen molar-refractivity contribution in [3.63, 3.8) is 0 Å². The minimum Gasteiger partial charge on any atom is -0.367 e. The Balaban J connectivity index is 2.36. The highest BCUT2D eigenvalue weighted by atomic mass is 32.2. The van der Waals surface area contributed by atoms with Gasteiger partial charge in [-0.2, -0.15) is 8.78 Å². The van der Waals surface area contributed by atoms with Gasteiger partial charge in [0.05, 0.1) is 10.6 Å². The first-order valence-corrected chi connectivity index (χ1v) is 8.61. The average molecular weight is 318 g/mol. The molecule has 0 spiro atoms. The zero-order chi connectivity index (χ0) is 15.5. The molecule has 1 fully saturated rings. The molecule has 1 atom stereocenters. The maximum absolute atomic E-state index is 12.8. The topological polar surface area (TPSA) is 63.4 Å². The Labute approximate surface area is 123 Å². The van der Waals surface area contributed by atoms with Crippen molar-refractivity contribution in [2.24, 2.45) is 5.73 Å². The minimum absolute atomic E-state index is 0.169. The normalized spacial score (nSPS) is 19.4. The van der Waals surface area contributed by atoms with Crippen LogP contribution in [-0.2, 0) is 9.84 Å². The van der Waals surface area contributed by atoms with E-state index in [0.717, 1.165) is 25.7 Å². The van der Waals surface area contributed by atoms with Gasteiger partial charge in [-0.15, -0.1) is 0 Å². The van der Waals surface area contributed by atoms with Crippen LogP contribution in [0.3, 0.4) is 0 Å². The van der Waals surface area contributed by atoms with E-state index in [1.807, 2.05) is 4.90 Å². The molecular weight excluding hydrogens is 298 g/mol. The third kappa shape index (κ3) is 3.35. The zero-order valence-corrected chi connectivity index (χ0v) is 12.5. The maximum atomic E-state index is 12.8. The van der Waals surface area contributed by atoms with Crippen molar-refractivity contribution in [2.45, 2.75) is 42.4 Å². The first-order valence-electron chi connectivity index (χ1n) is 7.06. The predicted molar refractivity (Wildman–Crippen MR) is 78.3 cm³/mol. The summed E-state index contributed by atoms with van der Waals surface area (Å²) in [5, 5.41) is 0. The predicted octanol–water partition coefficient (Wildman–Crippen LogP) is 2.39. The van der Waals surface area contributed by atoms with Crippen molar-refractivity contribution >= 4 is 15.5 Å². The smallest absolute Gasteiger partial charge is 0.341 e. The lowest BCUT2D eigenvalue weighted by Crippen LogP contribution is -2.31. The zero-order valence-electron chi connectivity index (χ0n) is 11.7. The minimum atomic E-state index is -4.59. The van der Waals surface area contributed by atoms with Gasteiger partial charge in [0.15, 0.2) is 0 Å². The van der Waals surface area contributed by atoms with Gasteiger partial charge in [-0.1, -0.05) is 12.1 Å². The SMILES string of the molecule is NCCCC1CCCN1c1ccccc1S(=O)(=O)C(F)F. The highest BCUT2D eigenvalue weighted by Crippen LogP contribution is 2.34. The second-order valence-electron chi connectivity index (χ2n) is 5.19. The highest BCUT2D eigenvalue weighted by Gasteiger charge is 2.33. The number of para-hydroxylation sites is 1. The van der Waals surface area contributed by atoms with Crippen LogP contribution in [0.15, 0.2) is 29.2 Å². The van der Waals surface area contributed by atoms with Gasteiger partial charge >= 0.3 is 5.76 Å². The molecule has 7 heteroatoms. The second kappa shape index (κ2) is 6.70. The second-order valence-corrected chi connectivity index (χ2v) is 7.08. The largest absolute Gasteiger partial charge is 0.367 e. The number of sulfone groups is 1. The average Bonchev–Trinajstić information content (AvgIpc) is 2.93. The van der Waals surface area contributed by atoms with Gasteiger partial charge in [-0.25, -0.2) is 8.42 Å². The standard InChI is InChI=1S/C14H20F2N2O2S/c15-14(16)21(19,20)13-8-2-1-7-12(13)18-10-4-6-11(18)5-3-9-17/h1-2,7-8,11,14H,3-6,9-10,17H2. The molecule has 1 aromatic carbocycles. The Hall–Kier alpha value is -1.21. The number of hydrogen-bond donors (Lipinski definition) is 1. The molecule has 1 aliphatic heterocycles. The summed E-state index contributed by atoms with van der Waals surface area (Å²) in [5.74, 6) is -3.40. The van der Waals surface area contributed by atoms with Crippen LogP contribution < -0.4 is 10.6 Å². The van der Waals surface area contributed by atoms with E-state index in [9.17, 15) is 17.2 Å². The van der Waals surface area contributed by atoms with E-state index in [-0.39, 0.29) is 10.9 Å². The van der Waals surface area contributed by atoms with Gasteiger partial charge in [0.2, 0.25) is 9.84 Å². The Morgan fingerprint density at radius 2 is 2.05 bits per heavy atom. The molecule has 4 nitrogen and oxygen atoms in total. The fourth-order valence-corrected chi connectivity index (χ4v) is 3.77. The van der Waals surface area contributed by atoms with E-state index >= 15 is 0 Å². The number of alkyl halides is 2. The molecule has 0 aliphatic carbocycles. The molecule has 2 rings (SSSR count). The Kier molecular flexibility index (Phi) is 5.16. The molecule has 0 radical (unpaired) electrons.